The minimum absolute atomic E-state index is 0.0990. The SMILES string of the molecule is CC(=NOC(=O)C(C)C)C(=O)c1ccc2c(c1)c1ccccc1n2-c1ccc(S(=O)c2cccc3ccccc23)cc1. The van der Waals surface area contributed by atoms with E-state index in [1.54, 1.807) is 19.9 Å². The summed E-state index contributed by atoms with van der Waals surface area (Å²) in [5.74, 6) is -1.15. The maximum Gasteiger partial charge on any atom is 0.337 e. The van der Waals surface area contributed by atoms with Crippen LogP contribution in [0.4, 0.5) is 0 Å². The predicted octanol–water partition coefficient (Wildman–Crippen LogP) is 7.86. The molecule has 0 fully saturated rings. The van der Waals surface area contributed by atoms with Crippen LogP contribution in [0.5, 0.6) is 0 Å². The molecule has 0 aliphatic rings. The Bertz CT molecular complexity index is 2050. The van der Waals surface area contributed by atoms with Crippen LogP contribution in [0.2, 0.25) is 0 Å². The lowest BCUT2D eigenvalue weighted by molar-refractivity contribution is -0.147. The number of nitrogens with zero attached hydrogens (tertiary/aromatic N) is 2. The van der Waals surface area contributed by atoms with Crippen molar-refractivity contribution >= 4 is 60.8 Å². The summed E-state index contributed by atoms with van der Waals surface area (Å²) in [4.78, 5) is 31.3. The molecule has 7 heteroatoms. The maximum atomic E-state index is 13.6. The monoisotopic (exact) mass is 572 g/mol. The van der Waals surface area contributed by atoms with Gasteiger partial charge in [0.2, 0.25) is 5.78 Å². The van der Waals surface area contributed by atoms with Crippen LogP contribution in [-0.4, -0.2) is 26.2 Å². The standard InChI is InChI=1S/C35H28N2O4S/c1-22(2)35(39)41-36-23(3)34(38)25-15-20-32-30(21-25)29-12-6-7-13-31(29)37(32)26-16-18-27(19-17-26)42(40)33-14-8-10-24-9-4-5-11-28(24)33/h4-22H,1-3H3. The zero-order valence-electron chi connectivity index (χ0n) is 23.4. The lowest BCUT2D eigenvalue weighted by atomic mass is 10.0. The zero-order chi connectivity index (χ0) is 29.4. The summed E-state index contributed by atoms with van der Waals surface area (Å²) >= 11 is 0. The molecule has 0 amide bonds. The second-order valence-electron chi connectivity index (χ2n) is 10.4. The van der Waals surface area contributed by atoms with Gasteiger partial charge >= 0.3 is 5.97 Å². The van der Waals surface area contributed by atoms with E-state index in [0.717, 1.165) is 48.1 Å². The third kappa shape index (κ3) is 4.92. The first-order chi connectivity index (χ1) is 20.3. The van der Waals surface area contributed by atoms with E-state index in [1.165, 1.54) is 6.92 Å². The van der Waals surface area contributed by atoms with Crippen LogP contribution in [0.25, 0.3) is 38.3 Å². The van der Waals surface area contributed by atoms with Crippen molar-refractivity contribution in [3.8, 4) is 5.69 Å². The number of hydrogen-bond acceptors (Lipinski definition) is 5. The highest BCUT2D eigenvalue weighted by Gasteiger charge is 2.18. The number of carbonyl (C=O) groups is 2. The van der Waals surface area contributed by atoms with E-state index in [0.29, 0.717) is 5.56 Å². The molecule has 0 saturated heterocycles. The molecule has 1 heterocycles. The highest BCUT2D eigenvalue weighted by atomic mass is 32.2. The number of carbonyl (C=O) groups excluding carboxylic acids is 2. The molecular formula is C35H28N2O4S. The third-order valence-electron chi connectivity index (χ3n) is 7.27. The van der Waals surface area contributed by atoms with Crippen LogP contribution >= 0.6 is 0 Å². The van der Waals surface area contributed by atoms with E-state index >= 15 is 0 Å². The Morgan fingerprint density at radius 3 is 2.19 bits per heavy atom. The Morgan fingerprint density at radius 2 is 1.43 bits per heavy atom. The van der Waals surface area contributed by atoms with E-state index < -0.39 is 16.8 Å². The number of ketones is 1. The molecule has 6 rings (SSSR count). The Hall–Kier alpha value is -4.88. The molecule has 0 aliphatic heterocycles. The van der Waals surface area contributed by atoms with Gasteiger partial charge in [0, 0.05) is 26.9 Å². The van der Waals surface area contributed by atoms with Gasteiger partial charge in [-0.3, -0.25) is 4.79 Å². The smallest absolute Gasteiger partial charge is 0.318 e. The maximum absolute atomic E-state index is 13.6. The first-order valence-electron chi connectivity index (χ1n) is 13.7. The van der Waals surface area contributed by atoms with Crippen LogP contribution in [-0.2, 0) is 20.4 Å². The molecule has 0 saturated carbocycles. The summed E-state index contributed by atoms with van der Waals surface area (Å²) in [7, 11) is -1.34. The van der Waals surface area contributed by atoms with Gasteiger partial charge in [0.05, 0.1) is 32.6 Å². The van der Waals surface area contributed by atoms with Crippen LogP contribution in [0, 0.1) is 5.92 Å². The predicted molar refractivity (Wildman–Crippen MR) is 168 cm³/mol. The average Bonchev–Trinajstić information content (AvgIpc) is 3.36. The molecule has 0 radical (unpaired) electrons. The molecule has 1 atom stereocenters. The van der Waals surface area contributed by atoms with Gasteiger partial charge in [-0.1, -0.05) is 73.6 Å². The summed E-state index contributed by atoms with van der Waals surface area (Å²) in [6.45, 7) is 4.95. The van der Waals surface area contributed by atoms with Crippen LogP contribution in [0.3, 0.4) is 0 Å². The van der Waals surface area contributed by atoms with Gasteiger partial charge in [-0.2, -0.15) is 0 Å². The zero-order valence-corrected chi connectivity index (χ0v) is 24.2. The second kappa shape index (κ2) is 11.2. The largest absolute Gasteiger partial charge is 0.337 e. The number of hydrogen-bond donors (Lipinski definition) is 0. The summed E-state index contributed by atoms with van der Waals surface area (Å²) in [5.41, 5.74) is 3.38. The van der Waals surface area contributed by atoms with Gasteiger partial charge < -0.3 is 9.40 Å². The van der Waals surface area contributed by atoms with E-state index in [4.69, 9.17) is 4.84 Å². The number of fused-ring (bicyclic) bond motifs is 4. The molecule has 0 N–H and O–H groups in total. The van der Waals surface area contributed by atoms with Crippen molar-refractivity contribution in [1.29, 1.82) is 0 Å². The summed E-state index contributed by atoms with van der Waals surface area (Å²) in [6, 6.07) is 35.1. The van der Waals surface area contributed by atoms with Gasteiger partial charge in [0.25, 0.3) is 0 Å². The normalized spacial score (nSPS) is 12.7. The minimum Gasteiger partial charge on any atom is -0.318 e. The van der Waals surface area contributed by atoms with Crippen molar-refractivity contribution in [2.24, 2.45) is 11.1 Å². The number of oxime groups is 1. The van der Waals surface area contributed by atoms with Crippen molar-refractivity contribution < 1.29 is 18.6 Å². The lowest BCUT2D eigenvalue weighted by Crippen LogP contribution is -2.14. The van der Waals surface area contributed by atoms with E-state index in [1.807, 2.05) is 103 Å². The van der Waals surface area contributed by atoms with E-state index in [-0.39, 0.29) is 17.4 Å². The van der Waals surface area contributed by atoms with E-state index in [2.05, 4.69) is 9.72 Å². The molecule has 0 bridgehead atoms. The van der Waals surface area contributed by atoms with Gasteiger partial charge in [0.1, 0.15) is 5.71 Å². The van der Waals surface area contributed by atoms with Crippen molar-refractivity contribution in [3.63, 3.8) is 0 Å². The quantitative estimate of drug-likeness (QED) is 0.0844. The molecular weight excluding hydrogens is 544 g/mol. The number of para-hydroxylation sites is 1. The van der Waals surface area contributed by atoms with Crippen molar-refractivity contribution in [2.75, 3.05) is 0 Å². The summed E-state index contributed by atoms with van der Waals surface area (Å²) in [6.07, 6.45) is 0. The van der Waals surface area contributed by atoms with Crippen LogP contribution in [0.1, 0.15) is 31.1 Å². The topological polar surface area (TPSA) is 77.7 Å². The third-order valence-corrected chi connectivity index (χ3v) is 8.72. The summed E-state index contributed by atoms with van der Waals surface area (Å²) in [5, 5.41) is 7.70. The fourth-order valence-electron chi connectivity index (χ4n) is 5.06. The van der Waals surface area contributed by atoms with Crippen molar-refractivity contribution in [1.82, 2.24) is 4.57 Å². The minimum atomic E-state index is -1.34. The number of aromatic nitrogens is 1. The molecule has 0 aliphatic carbocycles. The molecule has 5 aromatic carbocycles. The number of benzene rings is 5. The molecule has 42 heavy (non-hydrogen) atoms. The molecule has 0 spiro atoms. The number of rotatable bonds is 7. The van der Waals surface area contributed by atoms with Gasteiger partial charge in [-0.05, 0) is 72.3 Å². The summed E-state index contributed by atoms with van der Waals surface area (Å²) < 4.78 is 15.7. The first-order valence-corrected chi connectivity index (χ1v) is 14.8. The Labute approximate surface area is 245 Å². The Kier molecular flexibility index (Phi) is 7.27. The van der Waals surface area contributed by atoms with Gasteiger partial charge in [-0.25, -0.2) is 9.00 Å². The van der Waals surface area contributed by atoms with Crippen LogP contribution < -0.4 is 0 Å². The molecule has 6 aromatic rings. The van der Waals surface area contributed by atoms with Crippen molar-refractivity contribution in [3.05, 3.63) is 115 Å². The Morgan fingerprint density at radius 1 is 0.762 bits per heavy atom. The fourth-order valence-corrected chi connectivity index (χ4v) is 6.29. The molecule has 6 nitrogen and oxygen atoms in total. The fraction of sp³-hybridized carbons (Fsp3) is 0.114. The highest BCUT2D eigenvalue weighted by Crippen LogP contribution is 2.33. The molecule has 208 valence electrons. The van der Waals surface area contributed by atoms with Gasteiger partial charge in [0.15, 0.2) is 0 Å². The van der Waals surface area contributed by atoms with Crippen molar-refractivity contribution in [2.45, 2.75) is 30.6 Å². The molecule has 1 unspecified atom stereocenters. The number of Topliss-reactive ketones (excluding diaryl/α,β-unsaturated/α-hetero) is 1. The highest BCUT2D eigenvalue weighted by molar-refractivity contribution is 7.85. The van der Waals surface area contributed by atoms with Gasteiger partial charge in [-0.15, -0.1) is 0 Å². The average molecular weight is 573 g/mol. The second-order valence-corrected chi connectivity index (χ2v) is 11.8. The lowest BCUT2D eigenvalue weighted by Gasteiger charge is -2.10. The van der Waals surface area contributed by atoms with E-state index in [9.17, 15) is 13.8 Å². The first kappa shape index (κ1) is 27.3. The van der Waals surface area contributed by atoms with Crippen LogP contribution in [0.15, 0.2) is 124 Å². The molecule has 1 aromatic heterocycles. The Balaban J connectivity index is 1.37.